The fraction of sp³-hybridized carbons (Fsp3) is 0.667. The van der Waals surface area contributed by atoms with Gasteiger partial charge in [0.15, 0.2) is 0 Å². The van der Waals surface area contributed by atoms with E-state index >= 15 is 0 Å². The van der Waals surface area contributed by atoms with Crippen LogP contribution in [0.15, 0.2) is 12.2 Å². The number of thioether (sulfide) groups is 1. The van der Waals surface area contributed by atoms with Crippen LogP contribution in [0.3, 0.4) is 0 Å². The van der Waals surface area contributed by atoms with E-state index in [0.29, 0.717) is 12.6 Å². The van der Waals surface area contributed by atoms with Crippen LogP contribution in [0, 0.1) is 0 Å². The molecule has 1 heterocycles. The van der Waals surface area contributed by atoms with Crippen molar-refractivity contribution in [2.45, 2.75) is 19.4 Å². The number of carbonyl (C=O) groups is 1. The lowest BCUT2D eigenvalue weighted by Gasteiger charge is -2.12. The zero-order chi connectivity index (χ0) is 9.68. The summed E-state index contributed by atoms with van der Waals surface area (Å²) in [5, 5.41) is 5.67. The second-order valence-corrected chi connectivity index (χ2v) is 4.49. The van der Waals surface area contributed by atoms with E-state index in [1.54, 1.807) is 0 Å². The Morgan fingerprint density at radius 3 is 3.00 bits per heavy atom. The topological polar surface area (TPSA) is 41.1 Å². The van der Waals surface area contributed by atoms with Crippen LogP contribution in [0.2, 0.25) is 0 Å². The lowest BCUT2D eigenvalue weighted by Crippen LogP contribution is -2.42. The van der Waals surface area contributed by atoms with Crippen LogP contribution in [0.25, 0.3) is 0 Å². The summed E-state index contributed by atoms with van der Waals surface area (Å²) in [6.45, 7) is 6.17. The normalized spacial score (nSPS) is 21.2. The van der Waals surface area contributed by atoms with Gasteiger partial charge in [0, 0.05) is 18.3 Å². The van der Waals surface area contributed by atoms with Gasteiger partial charge >= 0.3 is 6.03 Å². The highest BCUT2D eigenvalue weighted by Crippen LogP contribution is 2.16. The third-order valence-corrected chi connectivity index (χ3v) is 2.98. The van der Waals surface area contributed by atoms with Crippen molar-refractivity contribution in [3.05, 3.63) is 12.2 Å². The summed E-state index contributed by atoms with van der Waals surface area (Å²) in [6, 6.07) is 0.283. The zero-order valence-corrected chi connectivity index (χ0v) is 8.75. The molecule has 74 valence electrons. The molecule has 1 aliphatic rings. The first-order valence-corrected chi connectivity index (χ1v) is 5.60. The Balaban J connectivity index is 2.13. The van der Waals surface area contributed by atoms with E-state index in [1.165, 1.54) is 0 Å². The first-order chi connectivity index (χ1) is 6.18. The van der Waals surface area contributed by atoms with Crippen molar-refractivity contribution in [3.8, 4) is 0 Å². The Hall–Kier alpha value is -0.640. The van der Waals surface area contributed by atoms with Gasteiger partial charge in [-0.3, -0.25) is 0 Å². The van der Waals surface area contributed by atoms with Gasteiger partial charge in [0.25, 0.3) is 0 Å². The first-order valence-electron chi connectivity index (χ1n) is 4.45. The average Bonchev–Trinajstić information content (AvgIpc) is 2.53. The molecule has 1 unspecified atom stereocenters. The SMILES string of the molecule is C=C(C)CNC(=O)NC1CCSC1. The second-order valence-electron chi connectivity index (χ2n) is 3.34. The molecule has 1 aliphatic heterocycles. The van der Waals surface area contributed by atoms with Crippen LogP contribution in [0.5, 0.6) is 0 Å². The summed E-state index contributed by atoms with van der Waals surface area (Å²) in [4.78, 5) is 11.2. The quantitative estimate of drug-likeness (QED) is 0.676. The lowest BCUT2D eigenvalue weighted by atomic mass is 10.3. The van der Waals surface area contributed by atoms with Crippen molar-refractivity contribution in [2.75, 3.05) is 18.1 Å². The minimum absolute atomic E-state index is 0.0736. The summed E-state index contributed by atoms with van der Waals surface area (Å²) in [5.74, 6) is 2.20. The molecule has 4 heteroatoms. The maximum absolute atomic E-state index is 11.2. The Kier molecular flexibility index (Phi) is 4.15. The lowest BCUT2D eigenvalue weighted by molar-refractivity contribution is 0.239. The van der Waals surface area contributed by atoms with E-state index in [1.807, 2.05) is 18.7 Å². The summed E-state index contributed by atoms with van der Waals surface area (Å²) in [6.07, 6.45) is 1.09. The van der Waals surface area contributed by atoms with Crippen molar-refractivity contribution >= 4 is 17.8 Å². The monoisotopic (exact) mass is 200 g/mol. The molecular weight excluding hydrogens is 184 g/mol. The van der Waals surface area contributed by atoms with Gasteiger partial charge in [-0.15, -0.1) is 0 Å². The van der Waals surface area contributed by atoms with Crippen LogP contribution >= 0.6 is 11.8 Å². The molecule has 2 amide bonds. The maximum Gasteiger partial charge on any atom is 0.315 e. The Morgan fingerprint density at radius 2 is 2.46 bits per heavy atom. The molecule has 0 aromatic rings. The maximum atomic E-state index is 11.2. The van der Waals surface area contributed by atoms with E-state index in [9.17, 15) is 4.79 Å². The molecule has 1 fully saturated rings. The average molecular weight is 200 g/mol. The van der Waals surface area contributed by atoms with E-state index in [2.05, 4.69) is 17.2 Å². The minimum Gasteiger partial charge on any atom is -0.335 e. The molecule has 3 nitrogen and oxygen atoms in total. The minimum atomic E-state index is -0.0736. The molecule has 1 rings (SSSR count). The van der Waals surface area contributed by atoms with Crippen molar-refractivity contribution in [3.63, 3.8) is 0 Å². The molecule has 0 spiro atoms. The molecule has 0 aromatic carbocycles. The van der Waals surface area contributed by atoms with Crippen LogP contribution in [-0.2, 0) is 0 Å². The van der Waals surface area contributed by atoms with Crippen LogP contribution < -0.4 is 10.6 Å². The molecule has 1 saturated heterocycles. The van der Waals surface area contributed by atoms with E-state index in [-0.39, 0.29) is 6.03 Å². The third-order valence-electron chi connectivity index (χ3n) is 1.82. The number of urea groups is 1. The summed E-state index contributed by atoms with van der Waals surface area (Å²) in [7, 11) is 0. The molecule has 0 aliphatic carbocycles. The van der Waals surface area contributed by atoms with E-state index in [4.69, 9.17) is 0 Å². The third kappa shape index (κ3) is 4.22. The predicted octanol–water partition coefficient (Wildman–Crippen LogP) is 1.37. The molecule has 0 aromatic heterocycles. The standard InChI is InChI=1S/C9H16N2OS/c1-7(2)5-10-9(12)11-8-3-4-13-6-8/h8H,1,3-6H2,2H3,(H2,10,11,12). The molecular formula is C9H16N2OS. The summed E-state index contributed by atoms with van der Waals surface area (Å²) in [5.41, 5.74) is 0.968. The highest BCUT2D eigenvalue weighted by molar-refractivity contribution is 7.99. The fourth-order valence-corrected chi connectivity index (χ4v) is 2.27. The number of hydrogen-bond donors (Lipinski definition) is 2. The van der Waals surface area contributed by atoms with Gasteiger partial charge in [-0.05, 0) is 19.1 Å². The van der Waals surface area contributed by atoms with E-state index in [0.717, 1.165) is 23.5 Å². The molecule has 0 bridgehead atoms. The highest BCUT2D eigenvalue weighted by Gasteiger charge is 2.16. The van der Waals surface area contributed by atoms with Crippen LogP contribution in [0.1, 0.15) is 13.3 Å². The summed E-state index contributed by atoms with van der Waals surface area (Å²) >= 11 is 1.89. The highest BCUT2D eigenvalue weighted by atomic mass is 32.2. The molecule has 13 heavy (non-hydrogen) atoms. The molecule has 1 atom stereocenters. The van der Waals surface area contributed by atoms with Gasteiger partial charge in [-0.2, -0.15) is 11.8 Å². The Morgan fingerprint density at radius 1 is 1.69 bits per heavy atom. The second kappa shape index (κ2) is 5.17. The molecule has 0 radical (unpaired) electrons. The van der Waals surface area contributed by atoms with Gasteiger partial charge < -0.3 is 10.6 Å². The van der Waals surface area contributed by atoms with E-state index < -0.39 is 0 Å². The van der Waals surface area contributed by atoms with Gasteiger partial charge in [0.2, 0.25) is 0 Å². The molecule has 2 N–H and O–H groups in total. The van der Waals surface area contributed by atoms with Crippen LogP contribution in [0.4, 0.5) is 4.79 Å². The number of amides is 2. The molecule has 0 saturated carbocycles. The van der Waals surface area contributed by atoms with Gasteiger partial charge in [-0.1, -0.05) is 12.2 Å². The van der Waals surface area contributed by atoms with Crippen molar-refractivity contribution in [1.82, 2.24) is 10.6 Å². The number of nitrogens with one attached hydrogen (secondary N) is 2. The first kappa shape index (κ1) is 10.4. The zero-order valence-electron chi connectivity index (χ0n) is 7.93. The van der Waals surface area contributed by atoms with Crippen LogP contribution in [-0.4, -0.2) is 30.1 Å². The van der Waals surface area contributed by atoms with Gasteiger partial charge in [0.1, 0.15) is 0 Å². The predicted molar refractivity (Wildman–Crippen MR) is 57.1 cm³/mol. The number of rotatable bonds is 3. The fourth-order valence-electron chi connectivity index (χ4n) is 1.12. The summed E-state index contributed by atoms with van der Waals surface area (Å²) < 4.78 is 0. The number of hydrogen-bond acceptors (Lipinski definition) is 2. The Bertz CT molecular complexity index is 200. The van der Waals surface area contributed by atoms with Crippen molar-refractivity contribution < 1.29 is 4.79 Å². The smallest absolute Gasteiger partial charge is 0.315 e. The van der Waals surface area contributed by atoms with Gasteiger partial charge in [0.05, 0.1) is 0 Å². The van der Waals surface area contributed by atoms with Crippen molar-refractivity contribution in [2.24, 2.45) is 0 Å². The Labute approximate surface area is 83.3 Å². The number of carbonyl (C=O) groups excluding carboxylic acids is 1. The largest absolute Gasteiger partial charge is 0.335 e. The van der Waals surface area contributed by atoms with Gasteiger partial charge in [-0.25, -0.2) is 4.79 Å². The van der Waals surface area contributed by atoms with Crippen molar-refractivity contribution in [1.29, 1.82) is 0 Å².